The van der Waals surface area contributed by atoms with Gasteiger partial charge in [-0.1, -0.05) is 11.6 Å². The monoisotopic (exact) mass is 327 g/mol. The number of nitrogens with one attached hydrogen (secondary N) is 1. The second-order valence-corrected chi connectivity index (χ2v) is 5.88. The third-order valence-electron chi connectivity index (χ3n) is 2.88. The lowest BCUT2D eigenvalue weighted by Gasteiger charge is -2.22. The molecule has 0 radical (unpaired) electrons. The van der Waals surface area contributed by atoms with Gasteiger partial charge in [-0.15, -0.1) is 0 Å². The average molecular weight is 328 g/mol. The number of halogens is 1. The Labute approximate surface area is 128 Å². The fourth-order valence-electron chi connectivity index (χ4n) is 1.96. The molecule has 0 aromatic heterocycles. The largest absolute Gasteiger partial charge is 0.480 e. The molecule has 1 amide bonds. The highest BCUT2D eigenvalue weighted by Gasteiger charge is 2.41. The Morgan fingerprint density at radius 2 is 2.05 bits per heavy atom. The summed E-state index contributed by atoms with van der Waals surface area (Å²) in [4.78, 5) is 47.1. The third kappa shape index (κ3) is 3.08. The summed E-state index contributed by atoms with van der Waals surface area (Å²) in [7, 11) is 0. The van der Waals surface area contributed by atoms with E-state index in [0.717, 1.165) is 11.8 Å². The van der Waals surface area contributed by atoms with Gasteiger partial charge in [0.1, 0.15) is 6.54 Å². The van der Waals surface area contributed by atoms with Crippen LogP contribution in [0.5, 0.6) is 0 Å². The first kappa shape index (κ1) is 15.5. The molecular formula is C13H10ClNO5S. The Kier molecular flexibility index (Phi) is 4.34. The SMILES string of the molecule is Cc1cc(Cl)cc2c1SC(=O)C(C(=O)NCC(=O)O)C2=O. The molecule has 0 spiro atoms. The van der Waals surface area contributed by atoms with Gasteiger partial charge in [-0.05, 0) is 36.4 Å². The first-order valence-electron chi connectivity index (χ1n) is 5.87. The van der Waals surface area contributed by atoms with Crippen molar-refractivity contribution >= 4 is 46.1 Å². The van der Waals surface area contributed by atoms with Gasteiger partial charge in [-0.2, -0.15) is 0 Å². The number of carboxylic acid groups (broad SMARTS) is 1. The third-order valence-corrected chi connectivity index (χ3v) is 4.28. The summed E-state index contributed by atoms with van der Waals surface area (Å²) in [6, 6.07) is 3.03. The molecule has 2 N–H and O–H groups in total. The van der Waals surface area contributed by atoms with E-state index in [1.54, 1.807) is 13.0 Å². The number of hydrogen-bond acceptors (Lipinski definition) is 5. The van der Waals surface area contributed by atoms with Crippen molar-refractivity contribution < 1.29 is 24.3 Å². The highest BCUT2D eigenvalue weighted by Crippen LogP contribution is 2.38. The number of carbonyl (C=O) groups excluding carboxylic acids is 3. The maximum absolute atomic E-state index is 12.3. The fourth-order valence-corrected chi connectivity index (χ4v) is 3.26. The minimum atomic E-state index is -1.54. The molecule has 21 heavy (non-hydrogen) atoms. The summed E-state index contributed by atoms with van der Waals surface area (Å²) in [5.41, 5.74) is 0.883. The molecule has 1 atom stereocenters. The van der Waals surface area contributed by atoms with Crippen LogP contribution in [0.25, 0.3) is 0 Å². The first-order chi connectivity index (χ1) is 9.81. The molecule has 0 fully saturated rings. The molecule has 0 saturated heterocycles. The molecule has 110 valence electrons. The van der Waals surface area contributed by atoms with Crippen molar-refractivity contribution in [1.29, 1.82) is 0 Å². The number of aryl methyl sites for hydroxylation is 1. The van der Waals surface area contributed by atoms with E-state index in [-0.39, 0.29) is 5.56 Å². The van der Waals surface area contributed by atoms with E-state index in [1.807, 2.05) is 5.32 Å². The molecule has 1 unspecified atom stereocenters. The molecule has 2 rings (SSSR count). The van der Waals surface area contributed by atoms with Crippen LogP contribution in [0.4, 0.5) is 0 Å². The number of ketones is 1. The van der Waals surface area contributed by atoms with E-state index in [1.165, 1.54) is 6.07 Å². The number of aliphatic carboxylic acids is 1. The highest BCUT2D eigenvalue weighted by atomic mass is 35.5. The van der Waals surface area contributed by atoms with Crippen molar-refractivity contribution in [2.24, 2.45) is 5.92 Å². The Morgan fingerprint density at radius 3 is 2.67 bits per heavy atom. The van der Waals surface area contributed by atoms with Crippen LogP contribution < -0.4 is 5.32 Å². The molecule has 0 aliphatic carbocycles. The number of benzene rings is 1. The van der Waals surface area contributed by atoms with Gasteiger partial charge in [0, 0.05) is 15.5 Å². The fraction of sp³-hybridized carbons (Fsp3) is 0.231. The van der Waals surface area contributed by atoms with Gasteiger partial charge in [-0.3, -0.25) is 19.2 Å². The van der Waals surface area contributed by atoms with E-state index >= 15 is 0 Å². The number of fused-ring (bicyclic) bond motifs is 1. The van der Waals surface area contributed by atoms with Crippen LogP contribution in [-0.4, -0.2) is 34.4 Å². The lowest BCUT2D eigenvalue weighted by molar-refractivity contribution is -0.139. The number of carbonyl (C=O) groups is 4. The number of Topliss-reactive ketones (excluding diaryl/α,β-unsaturated/α-hetero) is 1. The van der Waals surface area contributed by atoms with E-state index < -0.39 is 35.2 Å². The minimum Gasteiger partial charge on any atom is -0.480 e. The molecule has 1 aliphatic heterocycles. The van der Waals surface area contributed by atoms with Gasteiger partial charge in [0.05, 0.1) is 0 Å². The molecule has 8 heteroatoms. The zero-order valence-corrected chi connectivity index (χ0v) is 12.4. The number of amides is 1. The van der Waals surface area contributed by atoms with Crippen LogP contribution in [0.15, 0.2) is 17.0 Å². The van der Waals surface area contributed by atoms with Crippen molar-refractivity contribution in [2.45, 2.75) is 11.8 Å². The first-order valence-corrected chi connectivity index (χ1v) is 7.06. The van der Waals surface area contributed by atoms with Gasteiger partial charge < -0.3 is 10.4 Å². The Bertz CT molecular complexity index is 673. The second kappa shape index (κ2) is 5.87. The van der Waals surface area contributed by atoms with Crippen molar-refractivity contribution in [2.75, 3.05) is 6.54 Å². The van der Waals surface area contributed by atoms with Crippen molar-refractivity contribution in [1.82, 2.24) is 5.32 Å². The maximum atomic E-state index is 12.3. The van der Waals surface area contributed by atoms with Gasteiger partial charge in [0.2, 0.25) is 11.0 Å². The summed E-state index contributed by atoms with van der Waals surface area (Å²) in [6.07, 6.45) is 0. The van der Waals surface area contributed by atoms with E-state index in [9.17, 15) is 19.2 Å². The van der Waals surface area contributed by atoms with E-state index in [4.69, 9.17) is 16.7 Å². The molecule has 0 saturated carbocycles. The van der Waals surface area contributed by atoms with Crippen molar-refractivity contribution in [3.8, 4) is 0 Å². The molecule has 1 aliphatic rings. The van der Waals surface area contributed by atoms with Gasteiger partial charge >= 0.3 is 5.97 Å². The van der Waals surface area contributed by atoms with Crippen LogP contribution in [0.1, 0.15) is 15.9 Å². The van der Waals surface area contributed by atoms with Gasteiger partial charge in [0.15, 0.2) is 11.7 Å². The molecule has 1 aromatic rings. The smallest absolute Gasteiger partial charge is 0.322 e. The quantitative estimate of drug-likeness (QED) is 0.811. The summed E-state index contributed by atoms with van der Waals surface area (Å²) >= 11 is 6.68. The van der Waals surface area contributed by atoms with Gasteiger partial charge in [-0.25, -0.2) is 0 Å². The lowest BCUT2D eigenvalue weighted by Crippen LogP contribution is -2.43. The summed E-state index contributed by atoms with van der Waals surface area (Å²) in [5, 5.41) is 10.3. The number of thioether (sulfide) groups is 1. The molecule has 1 aromatic carbocycles. The van der Waals surface area contributed by atoms with Crippen LogP contribution in [0.2, 0.25) is 5.02 Å². The number of rotatable bonds is 3. The Morgan fingerprint density at radius 1 is 1.38 bits per heavy atom. The summed E-state index contributed by atoms with van der Waals surface area (Å²) in [5.74, 6) is -4.38. The van der Waals surface area contributed by atoms with Crippen LogP contribution in [0.3, 0.4) is 0 Å². The normalized spacial score (nSPS) is 17.3. The molecule has 6 nitrogen and oxygen atoms in total. The summed E-state index contributed by atoms with van der Waals surface area (Å²) < 4.78 is 0. The molecular weight excluding hydrogens is 318 g/mol. The predicted octanol–water partition coefficient (Wildman–Crippen LogP) is 1.28. The van der Waals surface area contributed by atoms with Crippen molar-refractivity contribution in [3.05, 3.63) is 28.3 Å². The van der Waals surface area contributed by atoms with Crippen LogP contribution in [-0.2, 0) is 14.4 Å². The summed E-state index contributed by atoms with van der Waals surface area (Å²) in [6.45, 7) is 1.06. The maximum Gasteiger partial charge on any atom is 0.322 e. The van der Waals surface area contributed by atoms with Crippen LogP contribution >= 0.6 is 23.4 Å². The topological polar surface area (TPSA) is 101 Å². The van der Waals surface area contributed by atoms with E-state index in [2.05, 4.69) is 0 Å². The standard InChI is InChI=1S/C13H10ClNO5S/c1-5-2-6(14)3-7-10(18)9(13(20)21-11(5)7)12(19)15-4-8(16)17/h2-3,9H,4H2,1H3,(H,15,19)(H,16,17). The lowest BCUT2D eigenvalue weighted by atomic mass is 9.95. The van der Waals surface area contributed by atoms with Crippen LogP contribution in [0, 0.1) is 12.8 Å². The zero-order chi connectivity index (χ0) is 15.7. The highest BCUT2D eigenvalue weighted by molar-refractivity contribution is 8.14. The predicted molar refractivity (Wildman–Crippen MR) is 75.5 cm³/mol. The van der Waals surface area contributed by atoms with E-state index in [0.29, 0.717) is 15.5 Å². The zero-order valence-electron chi connectivity index (χ0n) is 10.8. The second-order valence-electron chi connectivity index (χ2n) is 4.43. The Hall–Kier alpha value is -1.86. The van der Waals surface area contributed by atoms with Gasteiger partial charge in [0.25, 0.3) is 0 Å². The average Bonchev–Trinajstić information content (AvgIpc) is 2.38. The van der Waals surface area contributed by atoms with Crippen molar-refractivity contribution in [3.63, 3.8) is 0 Å². The molecule has 0 bridgehead atoms. The molecule has 1 heterocycles. The number of hydrogen-bond donors (Lipinski definition) is 2. The minimum absolute atomic E-state index is 0.208. The Balaban J connectivity index is 2.35. The number of carboxylic acids is 1.